The summed E-state index contributed by atoms with van der Waals surface area (Å²) in [5.74, 6) is -0.230. The molecule has 0 bridgehead atoms. The summed E-state index contributed by atoms with van der Waals surface area (Å²) < 4.78 is 19.7. The lowest BCUT2D eigenvalue weighted by atomic mass is 10.0. The Hall–Kier alpha value is -0.490. The Morgan fingerprint density at radius 3 is 2.70 bits per heavy atom. The van der Waals surface area contributed by atoms with Crippen molar-refractivity contribution in [2.24, 2.45) is 5.73 Å². The van der Waals surface area contributed by atoms with Gasteiger partial charge in [0.25, 0.3) is 0 Å². The van der Waals surface area contributed by atoms with Gasteiger partial charge >= 0.3 is 0 Å². The van der Waals surface area contributed by atoms with Gasteiger partial charge in [0.1, 0.15) is 5.82 Å². The number of hydrogen-bond donors (Lipinski definition) is 1. The van der Waals surface area contributed by atoms with Crippen molar-refractivity contribution in [2.45, 2.75) is 31.9 Å². The second kappa shape index (κ2) is 7.50. The number of likely N-dealkylation sites (tertiary alicyclic amines) is 1. The molecule has 1 heterocycles. The molecule has 112 valence electrons. The summed E-state index contributed by atoms with van der Waals surface area (Å²) in [4.78, 5) is 2.37. The van der Waals surface area contributed by atoms with Crippen LogP contribution < -0.4 is 5.73 Å². The molecule has 1 aliphatic heterocycles. The van der Waals surface area contributed by atoms with E-state index in [1.165, 1.54) is 12.1 Å². The number of ether oxygens (including phenoxy) is 1. The molecule has 1 aliphatic rings. The van der Waals surface area contributed by atoms with Gasteiger partial charge in [-0.05, 0) is 37.5 Å². The van der Waals surface area contributed by atoms with E-state index in [-0.39, 0.29) is 11.9 Å². The van der Waals surface area contributed by atoms with E-state index in [0.717, 1.165) is 42.6 Å². The van der Waals surface area contributed by atoms with Crippen molar-refractivity contribution in [3.8, 4) is 0 Å². The Labute approximate surface area is 128 Å². The number of halogens is 2. The molecule has 0 aromatic heterocycles. The zero-order chi connectivity index (χ0) is 14.5. The fourth-order valence-electron chi connectivity index (χ4n) is 2.83. The van der Waals surface area contributed by atoms with Crippen molar-refractivity contribution < 1.29 is 9.13 Å². The first-order valence-electron chi connectivity index (χ1n) is 7.16. The Morgan fingerprint density at radius 1 is 1.45 bits per heavy atom. The molecule has 5 heteroatoms. The van der Waals surface area contributed by atoms with Crippen molar-refractivity contribution >= 4 is 15.9 Å². The van der Waals surface area contributed by atoms with Gasteiger partial charge in [-0.3, -0.25) is 4.90 Å². The van der Waals surface area contributed by atoms with Crippen LogP contribution in [-0.2, 0) is 4.74 Å². The molecule has 1 unspecified atom stereocenters. The van der Waals surface area contributed by atoms with E-state index in [9.17, 15) is 4.39 Å². The summed E-state index contributed by atoms with van der Waals surface area (Å²) >= 11 is 3.44. The summed E-state index contributed by atoms with van der Waals surface area (Å²) in [5, 5.41) is 0. The number of piperidine rings is 1. The molecule has 0 radical (unpaired) electrons. The molecule has 20 heavy (non-hydrogen) atoms. The van der Waals surface area contributed by atoms with Gasteiger partial charge < -0.3 is 10.5 Å². The van der Waals surface area contributed by atoms with Crippen molar-refractivity contribution in [1.82, 2.24) is 4.90 Å². The summed E-state index contributed by atoms with van der Waals surface area (Å²) in [6, 6.07) is 4.96. The van der Waals surface area contributed by atoms with Crippen LogP contribution in [-0.4, -0.2) is 37.2 Å². The summed E-state index contributed by atoms with van der Waals surface area (Å²) in [6.07, 6.45) is 2.43. The number of benzene rings is 1. The first-order chi connectivity index (χ1) is 9.65. The molecule has 0 saturated carbocycles. The van der Waals surface area contributed by atoms with E-state index < -0.39 is 0 Å². The van der Waals surface area contributed by atoms with Gasteiger partial charge in [0.2, 0.25) is 0 Å². The van der Waals surface area contributed by atoms with Crippen molar-refractivity contribution in [1.29, 1.82) is 0 Å². The number of rotatable bonds is 5. The zero-order valence-electron chi connectivity index (χ0n) is 11.8. The van der Waals surface area contributed by atoms with E-state index in [1.54, 1.807) is 0 Å². The average Bonchev–Trinajstić information content (AvgIpc) is 2.44. The van der Waals surface area contributed by atoms with Crippen LogP contribution in [0.1, 0.15) is 31.4 Å². The molecule has 3 nitrogen and oxygen atoms in total. The average molecular weight is 345 g/mol. The topological polar surface area (TPSA) is 38.5 Å². The molecule has 2 N–H and O–H groups in total. The summed E-state index contributed by atoms with van der Waals surface area (Å²) in [7, 11) is 0. The lowest BCUT2D eigenvalue weighted by Gasteiger charge is -2.37. The third-order valence-corrected chi connectivity index (χ3v) is 4.55. The highest BCUT2D eigenvalue weighted by Gasteiger charge is 2.26. The number of hydrogen-bond acceptors (Lipinski definition) is 3. The monoisotopic (exact) mass is 344 g/mol. The normalized spacial score (nSPS) is 19.2. The molecule has 0 amide bonds. The predicted octanol–water partition coefficient (Wildman–Crippen LogP) is 3.09. The second-order valence-corrected chi connectivity index (χ2v) is 5.96. The number of nitrogens with zero attached hydrogens (tertiary/aromatic N) is 1. The van der Waals surface area contributed by atoms with Gasteiger partial charge in [-0.15, -0.1) is 0 Å². The summed E-state index contributed by atoms with van der Waals surface area (Å²) in [6.45, 7) is 5.27. The van der Waals surface area contributed by atoms with Crippen LogP contribution in [0.5, 0.6) is 0 Å². The quantitative estimate of drug-likeness (QED) is 0.891. The van der Waals surface area contributed by atoms with Crippen LogP contribution in [0.15, 0.2) is 22.7 Å². The Balaban J connectivity index is 2.05. The minimum Gasteiger partial charge on any atom is -0.378 e. The van der Waals surface area contributed by atoms with E-state index >= 15 is 0 Å². The maximum atomic E-state index is 13.2. The third kappa shape index (κ3) is 3.79. The molecule has 0 spiro atoms. The molecule has 1 fully saturated rings. The fourth-order valence-corrected chi connectivity index (χ4v) is 3.45. The SMILES string of the molecule is CCOC1CCN(C(CN)c2ccc(F)cc2Br)CC1. The van der Waals surface area contributed by atoms with Gasteiger partial charge in [-0.2, -0.15) is 0 Å². The molecule has 0 aliphatic carbocycles. The van der Waals surface area contributed by atoms with Gasteiger partial charge in [-0.25, -0.2) is 4.39 Å². The molecule has 1 saturated heterocycles. The standard InChI is InChI=1S/C15H22BrFN2O/c1-2-20-12-5-7-19(8-6-12)15(10-18)13-4-3-11(17)9-14(13)16/h3-4,9,12,15H,2,5-8,10,18H2,1H3. The van der Waals surface area contributed by atoms with Gasteiger partial charge in [0, 0.05) is 36.8 Å². The lowest BCUT2D eigenvalue weighted by Crippen LogP contribution is -2.42. The fraction of sp³-hybridized carbons (Fsp3) is 0.600. The van der Waals surface area contributed by atoms with E-state index in [4.69, 9.17) is 10.5 Å². The molecule has 1 aromatic rings. The highest BCUT2D eigenvalue weighted by Crippen LogP contribution is 2.30. The second-order valence-electron chi connectivity index (χ2n) is 5.11. The molecule has 1 atom stereocenters. The minimum atomic E-state index is -0.230. The Morgan fingerprint density at radius 2 is 2.15 bits per heavy atom. The Bertz CT molecular complexity index is 436. The van der Waals surface area contributed by atoms with Crippen molar-refractivity contribution in [3.63, 3.8) is 0 Å². The largest absolute Gasteiger partial charge is 0.378 e. The van der Waals surface area contributed by atoms with Crippen LogP contribution in [0.2, 0.25) is 0 Å². The molecule has 2 rings (SSSR count). The van der Waals surface area contributed by atoms with Gasteiger partial charge in [-0.1, -0.05) is 22.0 Å². The van der Waals surface area contributed by atoms with Crippen LogP contribution >= 0.6 is 15.9 Å². The van der Waals surface area contributed by atoms with Crippen LogP contribution in [0.3, 0.4) is 0 Å². The van der Waals surface area contributed by atoms with Crippen LogP contribution in [0, 0.1) is 5.82 Å². The van der Waals surface area contributed by atoms with Crippen molar-refractivity contribution in [3.05, 3.63) is 34.1 Å². The van der Waals surface area contributed by atoms with Crippen LogP contribution in [0.25, 0.3) is 0 Å². The maximum absolute atomic E-state index is 13.2. The lowest BCUT2D eigenvalue weighted by molar-refractivity contribution is 0.00444. The highest BCUT2D eigenvalue weighted by atomic mass is 79.9. The maximum Gasteiger partial charge on any atom is 0.124 e. The zero-order valence-corrected chi connectivity index (χ0v) is 13.4. The first kappa shape index (κ1) is 15.9. The van der Waals surface area contributed by atoms with Gasteiger partial charge in [0.05, 0.1) is 6.10 Å². The van der Waals surface area contributed by atoms with Gasteiger partial charge in [0.15, 0.2) is 0 Å². The molecular weight excluding hydrogens is 323 g/mol. The highest BCUT2D eigenvalue weighted by molar-refractivity contribution is 9.10. The predicted molar refractivity (Wildman–Crippen MR) is 82.1 cm³/mol. The minimum absolute atomic E-state index is 0.132. The Kier molecular flexibility index (Phi) is 5.96. The van der Waals surface area contributed by atoms with E-state index in [0.29, 0.717) is 12.6 Å². The third-order valence-electron chi connectivity index (χ3n) is 3.86. The van der Waals surface area contributed by atoms with E-state index in [1.807, 2.05) is 13.0 Å². The van der Waals surface area contributed by atoms with E-state index in [2.05, 4.69) is 20.8 Å². The first-order valence-corrected chi connectivity index (χ1v) is 7.95. The molecule has 1 aromatic carbocycles. The number of nitrogens with two attached hydrogens (primary N) is 1. The summed E-state index contributed by atoms with van der Waals surface area (Å²) in [5.41, 5.74) is 7.01. The smallest absolute Gasteiger partial charge is 0.124 e. The van der Waals surface area contributed by atoms with Crippen molar-refractivity contribution in [2.75, 3.05) is 26.2 Å². The molecular formula is C15H22BrFN2O. The van der Waals surface area contributed by atoms with Crippen LogP contribution in [0.4, 0.5) is 4.39 Å².